The number of carboxylic acid groups (broad SMARTS) is 1. The predicted octanol–water partition coefficient (Wildman–Crippen LogP) is 2.18. The number of aromatic nitrogens is 3. The topological polar surface area (TPSA) is 117 Å². The molecule has 148 valence electrons. The first-order valence-electron chi connectivity index (χ1n) is 8.90. The molecular weight excluding hydrogens is 348 g/mol. The summed E-state index contributed by atoms with van der Waals surface area (Å²) >= 11 is 0. The highest BCUT2D eigenvalue weighted by molar-refractivity contribution is 6.06. The summed E-state index contributed by atoms with van der Waals surface area (Å²) in [6.45, 7) is 12.5. The van der Waals surface area contributed by atoms with E-state index in [0.717, 1.165) is 12.6 Å². The van der Waals surface area contributed by atoms with Gasteiger partial charge in [0.05, 0.1) is 28.7 Å². The minimum absolute atomic E-state index is 0.0895. The summed E-state index contributed by atoms with van der Waals surface area (Å²) in [5, 5.41) is 26.6. The standard InChI is InChI=1S/C19H28N4O4/c1-10(2)13-8-12(16(24)20-9-19(7,27)17(25)26)14-11(3)22-23(15(14)21-13)18(4,5)6/h8,10,27H,9H2,1-7H3,(H,20,24)(H,25,26). The number of carbonyl (C=O) groups is 2. The summed E-state index contributed by atoms with van der Waals surface area (Å²) < 4.78 is 1.80. The van der Waals surface area contributed by atoms with Gasteiger partial charge in [0, 0.05) is 5.69 Å². The number of hydrogen-bond acceptors (Lipinski definition) is 5. The highest BCUT2D eigenvalue weighted by Crippen LogP contribution is 2.28. The van der Waals surface area contributed by atoms with E-state index in [9.17, 15) is 14.7 Å². The summed E-state index contributed by atoms with van der Waals surface area (Å²) in [6, 6.07) is 1.71. The fourth-order valence-corrected chi connectivity index (χ4v) is 2.67. The minimum Gasteiger partial charge on any atom is -0.479 e. The lowest BCUT2D eigenvalue weighted by Gasteiger charge is -2.21. The highest BCUT2D eigenvalue weighted by atomic mass is 16.4. The normalized spacial score (nSPS) is 14.4. The van der Waals surface area contributed by atoms with Crippen LogP contribution >= 0.6 is 0 Å². The van der Waals surface area contributed by atoms with E-state index in [2.05, 4.69) is 10.4 Å². The number of hydrogen-bond donors (Lipinski definition) is 3. The van der Waals surface area contributed by atoms with Gasteiger partial charge in [-0.1, -0.05) is 13.8 Å². The van der Waals surface area contributed by atoms with Crippen molar-refractivity contribution in [3.05, 3.63) is 23.0 Å². The van der Waals surface area contributed by atoms with Crippen LogP contribution in [0, 0.1) is 6.92 Å². The molecule has 0 radical (unpaired) electrons. The van der Waals surface area contributed by atoms with Gasteiger partial charge < -0.3 is 15.5 Å². The van der Waals surface area contributed by atoms with E-state index in [1.165, 1.54) is 0 Å². The van der Waals surface area contributed by atoms with Crippen molar-refractivity contribution >= 4 is 22.9 Å². The van der Waals surface area contributed by atoms with Gasteiger partial charge in [-0.3, -0.25) is 4.79 Å². The smallest absolute Gasteiger partial charge is 0.337 e. The monoisotopic (exact) mass is 376 g/mol. The molecule has 0 saturated heterocycles. The Bertz CT molecular complexity index is 891. The molecular formula is C19H28N4O4. The fourth-order valence-electron chi connectivity index (χ4n) is 2.67. The maximum absolute atomic E-state index is 12.8. The zero-order valence-corrected chi connectivity index (χ0v) is 16.9. The third-order valence-corrected chi connectivity index (χ3v) is 4.36. The number of nitrogens with zero attached hydrogens (tertiary/aromatic N) is 3. The van der Waals surface area contributed by atoms with E-state index >= 15 is 0 Å². The molecule has 0 aromatic carbocycles. The molecule has 8 heteroatoms. The first-order valence-corrected chi connectivity index (χ1v) is 8.90. The van der Waals surface area contributed by atoms with Crippen LogP contribution in [-0.2, 0) is 10.3 Å². The lowest BCUT2D eigenvalue weighted by molar-refractivity contribution is -0.155. The molecule has 0 spiro atoms. The van der Waals surface area contributed by atoms with Crippen LogP contribution in [0.4, 0.5) is 0 Å². The Morgan fingerprint density at radius 2 is 1.85 bits per heavy atom. The maximum Gasteiger partial charge on any atom is 0.337 e. The number of aryl methyl sites for hydroxylation is 1. The van der Waals surface area contributed by atoms with Crippen molar-refractivity contribution in [3.8, 4) is 0 Å². The average molecular weight is 376 g/mol. The van der Waals surface area contributed by atoms with Crippen LogP contribution < -0.4 is 5.32 Å². The predicted molar refractivity (Wildman–Crippen MR) is 102 cm³/mol. The molecule has 0 aliphatic rings. The molecule has 2 rings (SSSR count). The number of nitrogens with one attached hydrogen (secondary N) is 1. The van der Waals surface area contributed by atoms with Gasteiger partial charge in [0.25, 0.3) is 5.91 Å². The van der Waals surface area contributed by atoms with Crippen LogP contribution in [0.5, 0.6) is 0 Å². The van der Waals surface area contributed by atoms with Crippen molar-refractivity contribution in [2.45, 2.75) is 65.5 Å². The summed E-state index contributed by atoms with van der Waals surface area (Å²) in [6.07, 6.45) is 0. The van der Waals surface area contributed by atoms with E-state index in [1.807, 2.05) is 41.5 Å². The van der Waals surface area contributed by atoms with Gasteiger partial charge in [-0.15, -0.1) is 0 Å². The number of rotatable bonds is 5. The number of aliphatic carboxylic acids is 1. The summed E-state index contributed by atoms with van der Waals surface area (Å²) in [4.78, 5) is 28.6. The Kier molecular flexibility index (Phi) is 5.34. The Morgan fingerprint density at radius 1 is 1.26 bits per heavy atom. The van der Waals surface area contributed by atoms with Crippen molar-refractivity contribution in [3.63, 3.8) is 0 Å². The van der Waals surface area contributed by atoms with Crippen LogP contribution in [0.3, 0.4) is 0 Å². The number of amides is 1. The molecule has 0 aliphatic carbocycles. The Hall–Kier alpha value is -2.48. The zero-order valence-electron chi connectivity index (χ0n) is 16.9. The zero-order chi connectivity index (χ0) is 20.7. The summed E-state index contributed by atoms with van der Waals surface area (Å²) in [5.74, 6) is -1.78. The SMILES string of the molecule is Cc1nn(C(C)(C)C)c2nc(C(C)C)cc(C(=O)NCC(C)(O)C(=O)O)c12. The first-order chi connectivity index (χ1) is 12.3. The first kappa shape index (κ1) is 20.8. The van der Waals surface area contributed by atoms with Crippen LogP contribution in [-0.4, -0.2) is 49.0 Å². The van der Waals surface area contributed by atoms with Crippen LogP contribution in [0.2, 0.25) is 0 Å². The molecule has 2 heterocycles. The Balaban J connectivity index is 2.60. The molecule has 0 fully saturated rings. The molecule has 2 aromatic rings. The van der Waals surface area contributed by atoms with Gasteiger partial charge in [-0.05, 0) is 46.6 Å². The Morgan fingerprint density at radius 3 is 2.33 bits per heavy atom. The summed E-state index contributed by atoms with van der Waals surface area (Å²) in [7, 11) is 0. The van der Waals surface area contributed by atoms with Gasteiger partial charge >= 0.3 is 5.97 Å². The largest absolute Gasteiger partial charge is 0.479 e. The molecule has 0 saturated carbocycles. The molecule has 8 nitrogen and oxygen atoms in total. The Labute approximate surface area is 158 Å². The van der Waals surface area contributed by atoms with Gasteiger partial charge in [0.1, 0.15) is 0 Å². The minimum atomic E-state index is -2.05. The van der Waals surface area contributed by atoms with Crippen LogP contribution in [0.15, 0.2) is 6.07 Å². The molecule has 1 amide bonds. The van der Waals surface area contributed by atoms with Gasteiger partial charge in [0.15, 0.2) is 11.2 Å². The molecule has 27 heavy (non-hydrogen) atoms. The second kappa shape index (κ2) is 6.92. The van der Waals surface area contributed by atoms with E-state index < -0.39 is 24.0 Å². The van der Waals surface area contributed by atoms with Crippen molar-refractivity contribution in [1.82, 2.24) is 20.1 Å². The molecule has 0 bridgehead atoms. The number of pyridine rings is 1. The number of carbonyl (C=O) groups excluding carboxylic acids is 1. The van der Waals surface area contributed by atoms with E-state index in [-0.39, 0.29) is 11.5 Å². The van der Waals surface area contributed by atoms with Crippen LogP contribution in [0.25, 0.3) is 11.0 Å². The fraction of sp³-hybridized carbons (Fsp3) is 0.579. The molecule has 1 unspecified atom stereocenters. The van der Waals surface area contributed by atoms with Gasteiger partial charge in [0.2, 0.25) is 0 Å². The molecule has 0 aliphatic heterocycles. The van der Waals surface area contributed by atoms with Crippen molar-refractivity contribution in [2.75, 3.05) is 6.54 Å². The van der Waals surface area contributed by atoms with Gasteiger partial charge in [-0.2, -0.15) is 5.10 Å². The second-order valence-electron chi connectivity index (χ2n) is 8.38. The average Bonchev–Trinajstić information content (AvgIpc) is 2.89. The quantitative estimate of drug-likeness (QED) is 0.736. The van der Waals surface area contributed by atoms with Crippen molar-refractivity contribution in [2.24, 2.45) is 0 Å². The van der Waals surface area contributed by atoms with Crippen molar-refractivity contribution in [1.29, 1.82) is 0 Å². The molecule has 1 atom stereocenters. The molecule has 3 N–H and O–H groups in total. The summed E-state index contributed by atoms with van der Waals surface area (Å²) in [5.41, 5.74) is 0.0172. The van der Waals surface area contributed by atoms with E-state index in [0.29, 0.717) is 22.3 Å². The molecule has 2 aromatic heterocycles. The second-order valence-corrected chi connectivity index (χ2v) is 8.38. The van der Waals surface area contributed by atoms with E-state index in [1.54, 1.807) is 10.7 Å². The number of carboxylic acids is 1. The van der Waals surface area contributed by atoms with E-state index in [4.69, 9.17) is 10.1 Å². The van der Waals surface area contributed by atoms with Crippen LogP contribution in [0.1, 0.15) is 69.2 Å². The lowest BCUT2D eigenvalue weighted by atomic mass is 10.0. The number of fused-ring (bicyclic) bond motifs is 1. The third-order valence-electron chi connectivity index (χ3n) is 4.36. The van der Waals surface area contributed by atoms with Crippen molar-refractivity contribution < 1.29 is 19.8 Å². The van der Waals surface area contributed by atoms with Gasteiger partial charge in [-0.25, -0.2) is 14.5 Å². The number of aliphatic hydroxyl groups is 1. The third kappa shape index (κ3) is 4.10. The maximum atomic E-state index is 12.8. The lowest BCUT2D eigenvalue weighted by Crippen LogP contribution is -2.46. The highest BCUT2D eigenvalue weighted by Gasteiger charge is 2.31.